The highest BCUT2D eigenvalue weighted by Crippen LogP contribution is 2.41. The standard InChI is InChI=1S/C16H16Cl3N9O6/c1-7-20-5-9(28(33)34)25(7)3-4-26(15(31)32)13(16(17,18)19)27-6-21-10-11(27)23-14(22-8(2)29)24-12(10)30/h5-6,13H,3-4H2,1-2H3,(H,31,32)(H2,22,23,24,29,30). The lowest BCUT2D eigenvalue weighted by Crippen LogP contribution is -2.45. The maximum atomic E-state index is 12.4. The van der Waals surface area contributed by atoms with Gasteiger partial charge in [0, 0.05) is 13.8 Å². The van der Waals surface area contributed by atoms with Gasteiger partial charge in [0.1, 0.15) is 12.7 Å². The molecule has 0 aliphatic rings. The van der Waals surface area contributed by atoms with E-state index in [0.717, 1.165) is 17.1 Å². The Balaban J connectivity index is 2.09. The monoisotopic (exact) mass is 535 g/mol. The lowest BCUT2D eigenvalue weighted by atomic mass is 10.4. The molecule has 0 saturated heterocycles. The van der Waals surface area contributed by atoms with E-state index in [2.05, 4.69) is 25.3 Å². The molecule has 0 aromatic carbocycles. The summed E-state index contributed by atoms with van der Waals surface area (Å²) in [6.45, 7) is 2.11. The van der Waals surface area contributed by atoms with Gasteiger partial charge in [-0.15, -0.1) is 0 Å². The molecule has 0 spiro atoms. The number of carbonyl (C=O) groups excluding carboxylic acids is 1. The number of aromatic amines is 1. The van der Waals surface area contributed by atoms with E-state index in [1.54, 1.807) is 0 Å². The molecule has 1 unspecified atom stereocenters. The van der Waals surface area contributed by atoms with E-state index in [0.29, 0.717) is 4.90 Å². The van der Waals surface area contributed by atoms with Crippen LogP contribution in [-0.4, -0.2) is 66.3 Å². The van der Waals surface area contributed by atoms with E-state index in [1.165, 1.54) is 18.4 Å². The van der Waals surface area contributed by atoms with Gasteiger partial charge in [-0.05, 0) is 4.92 Å². The lowest BCUT2D eigenvalue weighted by Gasteiger charge is -2.34. The molecule has 1 atom stereocenters. The first-order valence-corrected chi connectivity index (χ1v) is 10.4. The van der Waals surface area contributed by atoms with Gasteiger partial charge in [0.2, 0.25) is 15.6 Å². The van der Waals surface area contributed by atoms with Crippen molar-refractivity contribution in [1.82, 2.24) is 34.0 Å². The van der Waals surface area contributed by atoms with Gasteiger partial charge in [0.05, 0.1) is 12.9 Å². The van der Waals surface area contributed by atoms with Crippen LogP contribution in [0.25, 0.3) is 11.2 Å². The maximum absolute atomic E-state index is 12.4. The third kappa shape index (κ3) is 5.05. The number of anilines is 1. The molecule has 3 heterocycles. The number of halogens is 3. The quantitative estimate of drug-likeness (QED) is 0.230. The number of carboxylic acid groups (broad SMARTS) is 1. The number of hydrogen-bond acceptors (Lipinski definition) is 8. The summed E-state index contributed by atoms with van der Waals surface area (Å²) < 4.78 is -0.0676. The van der Waals surface area contributed by atoms with Gasteiger partial charge < -0.3 is 15.2 Å². The highest BCUT2D eigenvalue weighted by molar-refractivity contribution is 6.68. The highest BCUT2D eigenvalue weighted by atomic mass is 35.6. The molecule has 15 nitrogen and oxygen atoms in total. The number of hydrogen-bond donors (Lipinski definition) is 3. The van der Waals surface area contributed by atoms with Gasteiger partial charge in [-0.3, -0.25) is 29.4 Å². The van der Waals surface area contributed by atoms with Crippen LogP contribution >= 0.6 is 34.8 Å². The number of imidazole rings is 2. The molecule has 182 valence electrons. The number of rotatable bonds is 7. The Kier molecular flexibility index (Phi) is 6.99. The highest BCUT2D eigenvalue weighted by Gasteiger charge is 2.43. The van der Waals surface area contributed by atoms with Crippen molar-refractivity contribution < 1.29 is 19.6 Å². The minimum atomic E-state index is -2.31. The number of carbonyl (C=O) groups is 2. The molecule has 3 N–H and O–H groups in total. The van der Waals surface area contributed by atoms with E-state index in [1.807, 2.05) is 0 Å². The van der Waals surface area contributed by atoms with Gasteiger partial charge >= 0.3 is 11.9 Å². The predicted octanol–water partition coefficient (Wildman–Crippen LogP) is 2.04. The molecule has 0 aliphatic carbocycles. The molecule has 0 radical (unpaired) electrons. The molecule has 34 heavy (non-hydrogen) atoms. The lowest BCUT2D eigenvalue weighted by molar-refractivity contribution is -0.392. The molecular formula is C16H16Cl3N9O6. The average molecular weight is 537 g/mol. The zero-order valence-corrected chi connectivity index (χ0v) is 19.7. The number of aryl methyl sites for hydroxylation is 1. The van der Waals surface area contributed by atoms with E-state index < -0.39 is 32.4 Å². The first-order valence-electron chi connectivity index (χ1n) is 9.28. The molecule has 0 bridgehead atoms. The summed E-state index contributed by atoms with van der Waals surface area (Å²) in [7, 11) is 0. The molecule has 2 amide bonds. The van der Waals surface area contributed by atoms with E-state index >= 15 is 0 Å². The minimum absolute atomic E-state index is 0.181. The molecular weight excluding hydrogens is 521 g/mol. The van der Waals surface area contributed by atoms with Gasteiger partial charge in [0.25, 0.3) is 5.56 Å². The van der Waals surface area contributed by atoms with Crippen molar-refractivity contribution >= 4 is 69.7 Å². The number of H-pyrrole nitrogens is 1. The van der Waals surface area contributed by atoms with Crippen molar-refractivity contribution in [3.8, 4) is 0 Å². The first kappa shape index (κ1) is 25.2. The molecule has 3 rings (SSSR count). The molecule has 0 saturated carbocycles. The Morgan fingerprint density at radius 3 is 2.62 bits per heavy atom. The molecule has 18 heteroatoms. The smallest absolute Gasteiger partial charge is 0.409 e. The summed E-state index contributed by atoms with van der Waals surface area (Å²) in [5.74, 6) is -0.851. The maximum Gasteiger partial charge on any atom is 0.409 e. The summed E-state index contributed by atoms with van der Waals surface area (Å²) in [6.07, 6.45) is -1.05. The topological polar surface area (TPSA) is 194 Å². The van der Waals surface area contributed by atoms with Gasteiger partial charge in [0.15, 0.2) is 23.2 Å². The van der Waals surface area contributed by atoms with E-state index in [-0.39, 0.29) is 41.8 Å². The molecule has 3 aromatic rings. The average Bonchev–Trinajstić information content (AvgIpc) is 3.27. The first-order chi connectivity index (χ1) is 15.8. The predicted molar refractivity (Wildman–Crippen MR) is 120 cm³/mol. The van der Waals surface area contributed by atoms with Crippen LogP contribution in [0.2, 0.25) is 0 Å². The van der Waals surface area contributed by atoms with Gasteiger partial charge in [-0.25, -0.2) is 19.3 Å². The summed E-state index contributed by atoms with van der Waals surface area (Å²) in [5.41, 5.74) is -1.12. The van der Waals surface area contributed by atoms with Gasteiger partial charge in [-0.1, -0.05) is 34.8 Å². The molecule has 0 fully saturated rings. The summed E-state index contributed by atoms with van der Waals surface area (Å²) in [4.78, 5) is 61.4. The summed E-state index contributed by atoms with van der Waals surface area (Å²) in [5, 5.41) is 23.4. The summed E-state index contributed by atoms with van der Waals surface area (Å²) in [6, 6.07) is 0. The van der Waals surface area contributed by atoms with Crippen LogP contribution in [-0.2, 0) is 11.3 Å². The van der Waals surface area contributed by atoms with E-state index in [9.17, 15) is 29.6 Å². The fraction of sp³-hybridized carbons (Fsp3) is 0.375. The second-order valence-electron chi connectivity index (χ2n) is 6.88. The number of amides is 2. The largest absolute Gasteiger partial charge is 0.465 e. The Labute approximate surface area is 204 Å². The van der Waals surface area contributed by atoms with Crippen LogP contribution in [0.4, 0.5) is 16.6 Å². The minimum Gasteiger partial charge on any atom is -0.465 e. The van der Waals surface area contributed by atoms with Crippen molar-refractivity contribution in [1.29, 1.82) is 0 Å². The Hall–Kier alpha value is -3.43. The van der Waals surface area contributed by atoms with Crippen LogP contribution < -0.4 is 10.9 Å². The zero-order chi connectivity index (χ0) is 25.4. The summed E-state index contributed by atoms with van der Waals surface area (Å²) >= 11 is 18.4. The number of nitro groups is 1. The second-order valence-corrected chi connectivity index (χ2v) is 9.25. The number of nitrogens with one attached hydrogen (secondary N) is 2. The van der Waals surface area contributed by atoms with E-state index in [4.69, 9.17) is 34.8 Å². The van der Waals surface area contributed by atoms with Crippen LogP contribution in [0.3, 0.4) is 0 Å². The fourth-order valence-corrected chi connectivity index (χ4v) is 3.89. The molecule has 3 aromatic heterocycles. The van der Waals surface area contributed by atoms with Crippen LogP contribution in [0, 0.1) is 17.0 Å². The second kappa shape index (κ2) is 9.44. The number of aromatic nitrogens is 6. The molecule has 0 aliphatic heterocycles. The SMILES string of the molecule is CC(=O)Nc1nc2c(ncn2C(N(CCn2c([N+](=O)[O-])cnc2C)C(=O)O)C(Cl)(Cl)Cl)c(=O)[nH]1. The van der Waals surface area contributed by atoms with Crippen molar-refractivity contribution in [2.24, 2.45) is 0 Å². The van der Waals surface area contributed by atoms with Crippen molar-refractivity contribution in [2.75, 3.05) is 11.9 Å². The Morgan fingerprint density at radius 2 is 2.06 bits per heavy atom. The van der Waals surface area contributed by atoms with Crippen LogP contribution in [0.15, 0.2) is 17.3 Å². The van der Waals surface area contributed by atoms with Crippen molar-refractivity contribution in [2.45, 2.75) is 30.4 Å². The number of alkyl halides is 3. The number of nitrogens with zero attached hydrogens (tertiary/aromatic N) is 7. The van der Waals surface area contributed by atoms with Crippen molar-refractivity contribution in [3.05, 3.63) is 38.8 Å². The third-order valence-corrected chi connectivity index (χ3v) is 5.20. The van der Waals surface area contributed by atoms with Crippen LogP contribution in [0.1, 0.15) is 18.9 Å². The normalized spacial score (nSPS) is 12.5. The van der Waals surface area contributed by atoms with Crippen molar-refractivity contribution in [3.63, 3.8) is 0 Å². The van der Waals surface area contributed by atoms with Gasteiger partial charge in [-0.2, -0.15) is 4.98 Å². The Morgan fingerprint density at radius 1 is 1.38 bits per heavy atom. The number of fused-ring (bicyclic) bond motifs is 1. The Bertz CT molecular complexity index is 1330. The zero-order valence-electron chi connectivity index (χ0n) is 17.4. The van der Waals surface area contributed by atoms with Crippen LogP contribution in [0.5, 0.6) is 0 Å². The third-order valence-electron chi connectivity index (χ3n) is 4.61. The fourth-order valence-electron chi connectivity index (χ4n) is 3.22.